The summed E-state index contributed by atoms with van der Waals surface area (Å²) in [5.41, 5.74) is 0. The molecular formula is C7H14Br+. The summed E-state index contributed by atoms with van der Waals surface area (Å²) in [6, 6.07) is 0. The van der Waals surface area contributed by atoms with E-state index in [2.05, 4.69) is 29.3 Å². The van der Waals surface area contributed by atoms with Gasteiger partial charge in [-0.25, -0.2) is 0 Å². The zero-order valence-electron chi connectivity index (χ0n) is 5.49. The first-order valence-corrected chi connectivity index (χ1v) is 4.41. The summed E-state index contributed by atoms with van der Waals surface area (Å²) in [7, 11) is 0. The molecule has 0 saturated heterocycles. The molecule has 0 rings (SSSR count). The van der Waals surface area contributed by atoms with Crippen molar-refractivity contribution < 1.29 is 0 Å². The second-order valence-corrected chi connectivity index (χ2v) is 2.70. The molecule has 0 aliphatic heterocycles. The van der Waals surface area contributed by atoms with Gasteiger partial charge in [0.2, 0.25) is 0 Å². The smallest absolute Gasteiger partial charge is 0.0882 e. The van der Waals surface area contributed by atoms with Crippen molar-refractivity contribution in [2.24, 2.45) is 0 Å². The van der Waals surface area contributed by atoms with E-state index in [1.807, 2.05) is 0 Å². The Kier molecular flexibility index (Phi) is 7.67. The number of hydrogen-bond donors (Lipinski definition) is 0. The van der Waals surface area contributed by atoms with Crippen LogP contribution >= 0.6 is 15.9 Å². The molecule has 0 aromatic rings. The Labute approximate surface area is 60.8 Å². The molecule has 0 unspecified atom stereocenters. The van der Waals surface area contributed by atoms with Crippen LogP contribution in [0.1, 0.15) is 32.6 Å². The average molecular weight is 178 g/mol. The number of unbranched alkanes of at least 4 members (excludes halogenated alkanes) is 4. The first-order chi connectivity index (χ1) is 3.91. The molecule has 0 bridgehead atoms. The second-order valence-electron chi connectivity index (χ2n) is 1.91. The third-order valence-corrected chi connectivity index (χ3v) is 1.53. The van der Waals surface area contributed by atoms with Crippen LogP contribution in [0.5, 0.6) is 0 Å². The van der Waals surface area contributed by atoms with E-state index in [1.54, 1.807) is 0 Å². The maximum absolute atomic E-state index is 3.37. The molecule has 0 spiro atoms. The predicted octanol–water partition coefficient (Wildman–Crippen LogP) is 3.17. The standard InChI is InChI=1S/C7H14Br/c1-2-3-4-5-6-7-8/h5H,2-4,6-7H2,1H3/q+1. The zero-order valence-corrected chi connectivity index (χ0v) is 7.08. The molecule has 1 heteroatoms. The van der Waals surface area contributed by atoms with Gasteiger partial charge in [-0.15, -0.1) is 0 Å². The van der Waals surface area contributed by atoms with E-state index in [9.17, 15) is 0 Å². The zero-order chi connectivity index (χ0) is 6.24. The highest BCUT2D eigenvalue weighted by molar-refractivity contribution is 9.09. The van der Waals surface area contributed by atoms with Crippen molar-refractivity contribution in [3.63, 3.8) is 0 Å². The van der Waals surface area contributed by atoms with E-state index in [0.29, 0.717) is 0 Å². The monoisotopic (exact) mass is 177 g/mol. The van der Waals surface area contributed by atoms with Gasteiger partial charge in [0.25, 0.3) is 0 Å². The Balaban J connectivity index is 2.53. The van der Waals surface area contributed by atoms with Crippen LogP contribution in [0, 0.1) is 6.42 Å². The fourth-order valence-corrected chi connectivity index (χ4v) is 0.894. The van der Waals surface area contributed by atoms with E-state index in [1.165, 1.54) is 25.7 Å². The van der Waals surface area contributed by atoms with Gasteiger partial charge >= 0.3 is 0 Å². The molecule has 0 N–H and O–H groups in total. The molecule has 8 heavy (non-hydrogen) atoms. The van der Waals surface area contributed by atoms with Gasteiger partial charge in [-0.3, -0.25) is 0 Å². The minimum absolute atomic E-state index is 1.12. The Morgan fingerprint density at radius 2 is 2.12 bits per heavy atom. The minimum atomic E-state index is 1.12. The molecule has 0 heterocycles. The van der Waals surface area contributed by atoms with Crippen LogP contribution in [0.4, 0.5) is 0 Å². The summed E-state index contributed by atoms with van der Waals surface area (Å²) >= 11 is 3.37. The summed E-state index contributed by atoms with van der Waals surface area (Å²) in [6.07, 6.45) is 7.53. The quantitative estimate of drug-likeness (QED) is 0.344. The van der Waals surface area contributed by atoms with Gasteiger partial charge in [-0.2, -0.15) is 0 Å². The summed E-state index contributed by atoms with van der Waals surface area (Å²) in [4.78, 5) is 0. The molecule has 48 valence electrons. The lowest BCUT2D eigenvalue weighted by Crippen LogP contribution is -1.77. The fraction of sp³-hybridized carbons (Fsp3) is 0.857. The van der Waals surface area contributed by atoms with Gasteiger partial charge in [-0.1, -0.05) is 29.3 Å². The molecule has 0 aromatic heterocycles. The highest BCUT2D eigenvalue weighted by Crippen LogP contribution is 2.01. The van der Waals surface area contributed by atoms with E-state index >= 15 is 0 Å². The largest absolute Gasteiger partial charge is 0.0972 e. The Hall–Kier alpha value is 0.350. The summed E-state index contributed by atoms with van der Waals surface area (Å²) in [5.74, 6) is 0. The predicted molar refractivity (Wildman–Crippen MR) is 42.2 cm³/mol. The lowest BCUT2D eigenvalue weighted by molar-refractivity contribution is 0.764. The summed E-state index contributed by atoms with van der Waals surface area (Å²) < 4.78 is 0. The molecule has 0 fully saturated rings. The van der Waals surface area contributed by atoms with Gasteiger partial charge in [0.1, 0.15) is 0 Å². The van der Waals surface area contributed by atoms with Gasteiger partial charge < -0.3 is 0 Å². The Morgan fingerprint density at radius 1 is 1.38 bits per heavy atom. The molecule has 0 aliphatic carbocycles. The molecule has 0 radical (unpaired) electrons. The van der Waals surface area contributed by atoms with Crippen molar-refractivity contribution in [3.8, 4) is 0 Å². The van der Waals surface area contributed by atoms with Crippen molar-refractivity contribution in [1.82, 2.24) is 0 Å². The maximum atomic E-state index is 3.37. The normalized spacial score (nSPS) is 9.25. The number of alkyl halides is 1. The third-order valence-electron chi connectivity index (χ3n) is 1.08. The summed E-state index contributed by atoms with van der Waals surface area (Å²) in [5, 5.41) is 1.12. The molecular weight excluding hydrogens is 164 g/mol. The second kappa shape index (κ2) is 7.35. The van der Waals surface area contributed by atoms with Crippen LogP contribution in [0.2, 0.25) is 0 Å². The Morgan fingerprint density at radius 3 is 2.62 bits per heavy atom. The third kappa shape index (κ3) is 6.35. The SMILES string of the molecule is CCCC[CH+]CCBr. The summed E-state index contributed by atoms with van der Waals surface area (Å²) in [6.45, 7) is 2.22. The average Bonchev–Trinajstić information content (AvgIpc) is 1.81. The molecule has 0 aliphatic rings. The number of halogens is 1. The molecule has 0 nitrogen and oxygen atoms in total. The van der Waals surface area contributed by atoms with E-state index in [0.717, 1.165) is 5.33 Å². The van der Waals surface area contributed by atoms with Crippen molar-refractivity contribution >= 4 is 15.9 Å². The van der Waals surface area contributed by atoms with Crippen LogP contribution in [-0.4, -0.2) is 5.33 Å². The van der Waals surface area contributed by atoms with E-state index < -0.39 is 0 Å². The highest BCUT2D eigenvalue weighted by Gasteiger charge is 1.93. The molecule has 0 amide bonds. The lowest BCUT2D eigenvalue weighted by Gasteiger charge is -1.84. The maximum Gasteiger partial charge on any atom is 0.0972 e. The first kappa shape index (κ1) is 8.35. The van der Waals surface area contributed by atoms with Crippen molar-refractivity contribution in [2.45, 2.75) is 32.6 Å². The number of hydrogen-bond acceptors (Lipinski definition) is 0. The van der Waals surface area contributed by atoms with Gasteiger partial charge in [-0.05, 0) is 6.42 Å². The minimum Gasteiger partial charge on any atom is -0.0882 e. The van der Waals surface area contributed by atoms with Crippen LogP contribution in [0.3, 0.4) is 0 Å². The Bertz CT molecular complexity index is 29.4. The van der Waals surface area contributed by atoms with Gasteiger partial charge in [0, 0.05) is 5.33 Å². The topological polar surface area (TPSA) is 0 Å². The van der Waals surface area contributed by atoms with Gasteiger partial charge in [0.05, 0.1) is 19.3 Å². The molecule has 0 saturated carbocycles. The van der Waals surface area contributed by atoms with Crippen molar-refractivity contribution in [2.75, 3.05) is 5.33 Å². The van der Waals surface area contributed by atoms with Crippen LogP contribution < -0.4 is 0 Å². The van der Waals surface area contributed by atoms with Crippen LogP contribution in [-0.2, 0) is 0 Å². The van der Waals surface area contributed by atoms with Crippen molar-refractivity contribution in [1.29, 1.82) is 0 Å². The van der Waals surface area contributed by atoms with E-state index in [4.69, 9.17) is 0 Å². The van der Waals surface area contributed by atoms with Gasteiger partial charge in [0.15, 0.2) is 0 Å². The highest BCUT2D eigenvalue weighted by atomic mass is 79.9. The molecule has 0 aromatic carbocycles. The van der Waals surface area contributed by atoms with Crippen molar-refractivity contribution in [3.05, 3.63) is 6.42 Å². The van der Waals surface area contributed by atoms with Crippen LogP contribution in [0.15, 0.2) is 0 Å². The fourth-order valence-electron chi connectivity index (χ4n) is 0.570. The molecule has 0 atom stereocenters. The van der Waals surface area contributed by atoms with Crippen LogP contribution in [0.25, 0.3) is 0 Å². The van der Waals surface area contributed by atoms with E-state index in [-0.39, 0.29) is 0 Å². The number of rotatable bonds is 5. The lowest BCUT2D eigenvalue weighted by atomic mass is 10.2. The first-order valence-electron chi connectivity index (χ1n) is 3.29.